The van der Waals surface area contributed by atoms with Gasteiger partial charge in [0.25, 0.3) is 0 Å². The molecule has 1 aliphatic rings. The van der Waals surface area contributed by atoms with E-state index >= 15 is 0 Å². The molecule has 118 valence electrons. The fraction of sp³-hybridized carbons (Fsp3) is 0.667. The Morgan fingerprint density at radius 3 is 2.81 bits per heavy atom. The minimum absolute atomic E-state index is 0.0955. The summed E-state index contributed by atoms with van der Waals surface area (Å²) in [4.78, 5) is 0. The average molecular weight is 291 g/mol. The van der Waals surface area contributed by atoms with Gasteiger partial charge in [-0.1, -0.05) is 26.3 Å². The number of hydrogen-bond acceptors (Lipinski definition) is 3. The van der Waals surface area contributed by atoms with Crippen LogP contribution in [-0.2, 0) is 0 Å². The van der Waals surface area contributed by atoms with Crippen molar-refractivity contribution in [2.75, 3.05) is 13.2 Å². The van der Waals surface area contributed by atoms with Crippen molar-refractivity contribution in [1.29, 1.82) is 0 Å². The standard InChI is InChI=1S/C18H29NO2/c1-5-8-12-19-14-13-18(4,6-2)21-16-11-9-10-15(17(14)16)20-7-3/h9-11,14,19H,5-8,12-13H2,1-4H3. The molecule has 1 heterocycles. The maximum Gasteiger partial charge on any atom is 0.128 e. The third-order valence-electron chi connectivity index (χ3n) is 4.34. The van der Waals surface area contributed by atoms with E-state index in [1.165, 1.54) is 18.4 Å². The number of unbranched alkanes of at least 4 members (excludes halogenated alkanes) is 1. The summed E-state index contributed by atoms with van der Waals surface area (Å²) in [5.74, 6) is 1.94. The summed E-state index contributed by atoms with van der Waals surface area (Å²) in [5, 5.41) is 3.71. The Balaban J connectivity index is 2.31. The lowest BCUT2D eigenvalue weighted by atomic mass is 9.86. The fourth-order valence-corrected chi connectivity index (χ4v) is 2.92. The van der Waals surface area contributed by atoms with Crippen molar-refractivity contribution in [3.63, 3.8) is 0 Å². The molecule has 0 aliphatic carbocycles. The molecule has 1 aromatic carbocycles. The molecular weight excluding hydrogens is 262 g/mol. The number of hydrogen-bond donors (Lipinski definition) is 1. The van der Waals surface area contributed by atoms with Crippen molar-refractivity contribution in [2.45, 2.75) is 65.0 Å². The molecule has 2 unspecified atom stereocenters. The second-order valence-corrected chi connectivity index (χ2v) is 6.07. The number of nitrogens with one attached hydrogen (secondary N) is 1. The highest BCUT2D eigenvalue weighted by atomic mass is 16.5. The summed E-state index contributed by atoms with van der Waals surface area (Å²) in [6.07, 6.45) is 4.41. The molecular formula is C18H29NO2. The molecule has 1 aliphatic heterocycles. The van der Waals surface area contributed by atoms with E-state index in [0.717, 1.165) is 30.9 Å². The summed E-state index contributed by atoms with van der Waals surface area (Å²) in [6, 6.07) is 6.45. The van der Waals surface area contributed by atoms with Crippen LogP contribution in [0.5, 0.6) is 11.5 Å². The Hall–Kier alpha value is -1.22. The zero-order valence-corrected chi connectivity index (χ0v) is 13.9. The smallest absolute Gasteiger partial charge is 0.128 e. The fourth-order valence-electron chi connectivity index (χ4n) is 2.92. The van der Waals surface area contributed by atoms with Gasteiger partial charge in [0.05, 0.1) is 12.2 Å². The first kappa shape index (κ1) is 16.2. The van der Waals surface area contributed by atoms with Gasteiger partial charge in [0.2, 0.25) is 0 Å². The molecule has 1 aromatic rings. The number of rotatable bonds is 7. The normalized spacial score (nSPS) is 24.3. The minimum Gasteiger partial charge on any atom is -0.493 e. The summed E-state index contributed by atoms with van der Waals surface area (Å²) in [7, 11) is 0. The molecule has 0 amide bonds. The van der Waals surface area contributed by atoms with Gasteiger partial charge in [0, 0.05) is 12.5 Å². The second-order valence-electron chi connectivity index (χ2n) is 6.07. The third-order valence-corrected chi connectivity index (χ3v) is 4.34. The van der Waals surface area contributed by atoms with E-state index in [2.05, 4.69) is 38.2 Å². The van der Waals surface area contributed by atoms with Gasteiger partial charge in [0.15, 0.2) is 0 Å². The lowest BCUT2D eigenvalue weighted by molar-refractivity contribution is 0.0429. The van der Waals surface area contributed by atoms with Gasteiger partial charge >= 0.3 is 0 Å². The Morgan fingerprint density at radius 2 is 2.14 bits per heavy atom. The van der Waals surface area contributed by atoms with Crippen molar-refractivity contribution in [3.8, 4) is 11.5 Å². The quantitative estimate of drug-likeness (QED) is 0.752. The van der Waals surface area contributed by atoms with Crippen LogP contribution in [0.15, 0.2) is 18.2 Å². The van der Waals surface area contributed by atoms with Crippen LogP contribution in [0.3, 0.4) is 0 Å². The Kier molecular flexibility index (Phi) is 5.51. The topological polar surface area (TPSA) is 30.5 Å². The summed E-state index contributed by atoms with van der Waals surface area (Å²) in [5.41, 5.74) is 1.10. The van der Waals surface area contributed by atoms with E-state index in [4.69, 9.17) is 9.47 Å². The van der Waals surface area contributed by atoms with Gasteiger partial charge in [-0.25, -0.2) is 0 Å². The molecule has 0 bridgehead atoms. The zero-order chi connectivity index (χ0) is 15.3. The lowest BCUT2D eigenvalue weighted by Gasteiger charge is -2.40. The Bertz CT molecular complexity index is 461. The van der Waals surface area contributed by atoms with Crippen molar-refractivity contribution in [1.82, 2.24) is 5.32 Å². The van der Waals surface area contributed by atoms with Crippen molar-refractivity contribution < 1.29 is 9.47 Å². The predicted molar refractivity (Wildman–Crippen MR) is 87.2 cm³/mol. The molecule has 0 spiro atoms. The molecule has 2 atom stereocenters. The van der Waals surface area contributed by atoms with Gasteiger partial charge in [-0.15, -0.1) is 0 Å². The molecule has 3 nitrogen and oxygen atoms in total. The van der Waals surface area contributed by atoms with Crippen LogP contribution in [-0.4, -0.2) is 18.8 Å². The SMILES string of the molecule is CCCCNC1CC(C)(CC)Oc2cccc(OCC)c21. The van der Waals surface area contributed by atoms with Crippen LogP contribution < -0.4 is 14.8 Å². The second kappa shape index (κ2) is 7.17. The highest BCUT2D eigenvalue weighted by Crippen LogP contribution is 2.45. The largest absolute Gasteiger partial charge is 0.493 e. The van der Waals surface area contributed by atoms with Crippen LogP contribution >= 0.6 is 0 Å². The molecule has 0 saturated carbocycles. The molecule has 21 heavy (non-hydrogen) atoms. The van der Waals surface area contributed by atoms with E-state index in [1.54, 1.807) is 0 Å². The molecule has 2 rings (SSSR count). The van der Waals surface area contributed by atoms with E-state index in [0.29, 0.717) is 12.6 Å². The van der Waals surface area contributed by atoms with E-state index < -0.39 is 0 Å². The monoisotopic (exact) mass is 291 g/mol. The van der Waals surface area contributed by atoms with Crippen LogP contribution in [0.25, 0.3) is 0 Å². The highest BCUT2D eigenvalue weighted by Gasteiger charge is 2.37. The molecule has 3 heteroatoms. The first-order valence-electron chi connectivity index (χ1n) is 8.31. The lowest BCUT2D eigenvalue weighted by Crippen LogP contribution is -2.41. The van der Waals surface area contributed by atoms with E-state index in [9.17, 15) is 0 Å². The van der Waals surface area contributed by atoms with Gasteiger partial charge in [-0.05, 0) is 45.4 Å². The van der Waals surface area contributed by atoms with Gasteiger partial charge in [-0.2, -0.15) is 0 Å². The minimum atomic E-state index is -0.0955. The first-order chi connectivity index (χ1) is 10.1. The molecule has 0 aromatic heterocycles. The third kappa shape index (κ3) is 3.70. The average Bonchev–Trinajstić information content (AvgIpc) is 2.47. The van der Waals surface area contributed by atoms with Crippen molar-refractivity contribution >= 4 is 0 Å². The molecule has 0 fully saturated rings. The van der Waals surface area contributed by atoms with E-state index in [1.807, 2.05) is 13.0 Å². The Labute approximate surface area is 129 Å². The zero-order valence-electron chi connectivity index (χ0n) is 13.9. The maximum atomic E-state index is 6.27. The summed E-state index contributed by atoms with van der Waals surface area (Å²) in [6.45, 7) is 10.4. The summed E-state index contributed by atoms with van der Waals surface area (Å²) < 4.78 is 12.1. The predicted octanol–water partition coefficient (Wildman–Crippen LogP) is 4.47. The number of fused-ring (bicyclic) bond motifs is 1. The van der Waals surface area contributed by atoms with Crippen LogP contribution in [0, 0.1) is 0 Å². The van der Waals surface area contributed by atoms with Gasteiger partial charge < -0.3 is 14.8 Å². The highest BCUT2D eigenvalue weighted by molar-refractivity contribution is 5.49. The number of benzene rings is 1. The molecule has 0 radical (unpaired) electrons. The van der Waals surface area contributed by atoms with Gasteiger partial charge in [0.1, 0.15) is 17.1 Å². The van der Waals surface area contributed by atoms with E-state index in [-0.39, 0.29) is 5.60 Å². The van der Waals surface area contributed by atoms with Crippen LogP contribution in [0.1, 0.15) is 65.0 Å². The first-order valence-corrected chi connectivity index (χ1v) is 8.31. The molecule has 1 N–H and O–H groups in total. The summed E-state index contributed by atoms with van der Waals surface area (Å²) >= 11 is 0. The van der Waals surface area contributed by atoms with Crippen molar-refractivity contribution in [2.24, 2.45) is 0 Å². The van der Waals surface area contributed by atoms with Crippen LogP contribution in [0.2, 0.25) is 0 Å². The number of ether oxygens (including phenoxy) is 2. The maximum absolute atomic E-state index is 6.27. The Morgan fingerprint density at radius 1 is 1.33 bits per heavy atom. The molecule has 0 saturated heterocycles. The van der Waals surface area contributed by atoms with Gasteiger partial charge in [-0.3, -0.25) is 0 Å². The van der Waals surface area contributed by atoms with Crippen molar-refractivity contribution in [3.05, 3.63) is 23.8 Å². The van der Waals surface area contributed by atoms with Crippen LogP contribution in [0.4, 0.5) is 0 Å².